The third-order valence-corrected chi connectivity index (χ3v) is 5.39. The number of rotatable bonds is 8. The van der Waals surface area contributed by atoms with Gasteiger partial charge in [-0.05, 0) is 48.9 Å². The molecule has 0 radical (unpaired) electrons. The molecule has 7 nitrogen and oxygen atoms in total. The zero-order valence-corrected chi connectivity index (χ0v) is 16.8. The van der Waals surface area contributed by atoms with Gasteiger partial charge in [0.2, 0.25) is 5.91 Å². The quantitative estimate of drug-likeness (QED) is 0.500. The first-order valence-electron chi connectivity index (χ1n) is 9.66. The molecule has 0 bridgehead atoms. The minimum Gasteiger partial charge on any atom is -0.396 e. The average molecular weight is 418 g/mol. The third-order valence-electron chi connectivity index (χ3n) is 5.16. The Labute approximate surface area is 174 Å². The van der Waals surface area contributed by atoms with Crippen molar-refractivity contribution in [2.45, 2.75) is 31.7 Å². The van der Waals surface area contributed by atoms with Crippen LogP contribution in [0.2, 0.25) is 5.02 Å². The van der Waals surface area contributed by atoms with Gasteiger partial charge < -0.3 is 10.4 Å². The fraction of sp³-hybridized carbons (Fsp3) is 0.381. The molecule has 29 heavy (non-hydrogen) atoms. The van der Waals surface area contributed by atoms with E-state index >= 15 is 0 Å². The summed E-state index contributed by atoms with van der Waals surface area (Å²) in [6.07, 6.45) is 3.52. The second kappa shape index (κ2) is 9.82. The van der Waals surface area contributed by atoms with Gasteiger partial charge in [-0.2, -0.15) is 0 Å². The lowest BCUT2D eigenvalue weighted by Crippen LogP contribution is -2.38. The molecule has 0 saturated heterocycles. The number of hydrogen-bond acceptors (Lipinski definition) is 5. The Balaban J connectivity index is 1.78. The maximum Gasteiger partial charge on any atom is 0.294 e. The fourth-order valence-electron chi connectivity index (χ4n) is 3.86. The lowest BCUT2D eigenvalue weighted by atomic mass is 9.86. The summed E-state index contributed by atoms with van der Waals surface area (Å²) in [6, 6.07) is 12.5. The maximum atomic E-state index is 12.7. The Hall–Kier alpha value is -2.48. The number of benzene rings is 2. The Bertz CT molecular complexity index is 890. The molecule has 1 atom stereocenters. The van der Waals surface area contributed by atoms with Crippen molar-refractivity contribution in [2.24, 2.45) is 0 Å². The highest BCUT2D eigenvalue weighted by atomic mass is 35.5. The monoisotopic (exact) mass is 417 g/mol. The molecule has 1 aliphatic carbocycles. The van der Waals surface area contributed by atoms with Crippen LogP contribution in [0, 0.1) is 10.1 Å². The summed E-state index contributed by atoms with van der Waals surface area (Å²) in [5, 5.41) is 23.4. The van der Waals surface area contributed by atoms with Crippen molar-refractivity contribution in [2.75, 3.05) is 25.0 Å². The number of aliphatic hydroxyl groups is 1. The number of nitrogens with one attached hydrogen (secondary N) is 1. The summed E-state index contributed by atoms with van der Waals surface area (Å²) >= 11 is 5.84. The number of aliphatic hydroxyl groups excluding tert-OH is 1. The van der Waals surface area contributed by atoms with E-state index in [4.69, 9.17) is 11.6 Å². The largest absolute Gasteiger partial charge is 0.396 e. The van der Waals surface area contributed by atoms with E-state index in [9.17, 15) is 20.0 Å². The number of halogens is 1. The highest BCUT2D eigenvalue weighted by molar-refractivity contribution is 6.31. The lowest BCUT2D eigenvalue weighted by Gasteiger charge is -2.35. The predicted molar refractivity (Wildman–Crippen MR) is 112 cm³/mol. The lowest BCUT2D eigenvalue weighted by molar-refractivity contribution is -0.383. The Morgan fingerprint density at radius 1 is 1.31 bits per heavy atom. The van der Waals surface area contributed by atoms with Crippen LogP contribution >= 0.6 is 11.6 Å². The topological polar surface area (TPSA) is 95.7 Å². The number of aryl methyl sites for hydroxylation is 1. The van der Waals surface area contributed by atoms with Gasteiger partial charge in [-0.1, -0.05) is 35.9 Å². The molecule has 0 fully saturated rings. The van der Waals surface area contributed by atoms with Crippen LogP contribution in [0.25, 0.3) is 0 Å². The number of nitrogens with zero attached hydrogens (tertiary/aromatic N) is 2. The number of amides is 1. The van der Waals surface area contributed by atoms with Crippen molar-refractivity contribution in [1.29, 1.82) is 0 Å². The fourth-order valence-corrected chi connectivity index (χ4v) is 4.03. The maximum absolute atomic E-state index is 12.7. The van der Waals surface area contributed by atoms with E-state index in [1.807, 2.05) is 17.0 Å². The van der Waals surface area contributed by atoms with E-state index in [0.717, 1.165) is 19.3 Å². The number of nitro groups is 1. The summed E-state index contributed by atoms with van der Waals surface area (Å²) in [5.41, 5.74) is 2.37. The zero-order chi connectivity index (χ0) is 20.8. The van der Waals surface area contributed by atoms with Gasteiger partial charge in [0.05, 0.1) is 11.5 Å². The molecule has 2 N–H and O–H groups in total. The van der Waals surface area contributed by atoms with Crippen LogP contribution in [0.4, 0.5) is 11.4 Å². The van der Waals surface area contributed by atoms with Gasteiger partial charge in [0.1, 0.15) is 5.69 Å². The van der Waals surface area contributed by atoms with Gasteiger partial charge in [-0.15, -0.1) is 0 Å². The van der Waals surface area contributed by atoms with Gasteiger partial charge in [0, 0.05) is 30.3 Å². The molecule has 154 valence electrons. The molecule has 0 saturated carbocycles. The molecule has 0 spiro atoms. The van der Waals surface area contributed by atoms with E-state index in [-0.39, 0.29) is 41.5 Å². The number of hydrogen-bond donors (Lipinski definition) is 2. The molecule has 2 aromatic rings. The van der Waals surface area contributed by atoms with Crippen LogP contribution in [0.15, 0.2) is 42.5 Å². The number of anilines is 1. The van der Waals surface area contributed by atoms with Gasteiger partial charge in [-0.25, -0.2) is 0 Å². The van der Waals surface area contributed by atoms with Crippen molar-refractivity contribution in [3.05, 3.63) is 68.7 Å². The van der Waals surface area contributed by atoms with E-state index in [1.54, 1.807) is 0 Å². The first-order chi connectivity index (χ1) is 14.0. The second-order valence-corrected chi connectivity index (χ2v) is 7.56. The van der Waals surface area contributed by atoms with Crippen LogP contribution in [0.1, 0.15) is 36.4 Å². The van der Waals surface area contributed by atoms with Gasteiger partial charge >= 0.3 is 0 Å². The van der Waals surface area contributed by atoms with Crippen molar-refractivity contribution in [3.8, 4) is 0 Å². The first kappa shape index (κ1) is 21.2. The van der Waals surface area contributed by atoms with Gasteiger partial charge in [0.15, 0.2) is 0 Å². The van der Waals surface area contributed by atoms with Crippen LogP contribution < -0.4 is 5.32 Å². The molecule has 1 aliphatic rings. The standard InChI is InChI=1S/C21H24ClN3O4/c22-16-9-10-18(20(13-16)25(28)29)23-21(27)14-24(11-4-12-26)19-8-3-6-15-5-1-2-7-17(15)19/h1-2,5,7,9-10,13,19,26H,3-4,6,8,11-12,14H2,(H,23,27)/t19-/m1/s1. The number of carbonyl (C=O) groups is 1. The predicted octanol–water partition coefficient (Wildman–Crippen LogP) is 3.95. The summed E-state index contributed by atoms with van der Waals surface area (Å²) in [7, 11) is 0. The van der Waals surface area contributed by atoms with Gasteiger partial charge in [-0.3, -0.25) is 19.8 Å². The SMILES string of the molecule is O=C(CN(CCCO)[C@@H]1CCCc2ccccc21)Nc1ccc(Cl)cc1[N+](=O)[O-]. The summed E-state index contributed by atoms with van der Waals surface area (Å²) in [5.74, 6) is -0.337. The third kappa shape index (κ3) is 5.32. The van der Waals surface area contributed by atoms with E-state index in [0.29, 0.717) is 13.0 Å². The van der Waals surface area contributed by atoms with E-state index in [2.05, 4.69) is 17.4 Å². The van der Waals surface area contributed by atoms with Crippen molar-refractivity contribution < 1.29 is 14.8 Å². The molecule has 0 aliphatic heterocycles. The highest BCUT2D eigenvalue weighted by Crippen LogP contribution is 2.34. The number of fused-ring (bicyclic) bond motifs is 1. The summed E-state index contributed by atoms with van der Waals surface area (Å²) < 4.78 is 0. The molecule has 0 aromatic heterocycles. The normalized spacial score (nSPS) is 15.8. The number of nitro benzene ring substituents is 1. The zero-order valence-electron chi connectivity index (χ0n) is 16.0. The molecule has 0 unspecified atom stereocenters. The minimum absolute atomic E-state index is 0.0368. The van der Waals surface area contributed by atoms with Gasteiger partial charge in [0.25, 0.3) is 5.69 Å². The van der Waals surface area contributed by atoms with Crippen LogP contribution in [-0.4, -0.2) is 40.5 Å². The first-order valence-corrected chi connectivity index (χ1v) is 10.0. The smallest absolute Gasteiger partial charge is 0.294 e. The molecule has 3 rings (SSSR count). The Morgan fingerprint density at radius 3 is 2.86 bits per heavy atom. The summed E-state index contributed by atoms with van der Waals surface area (Å²) in [6.45, 7) is 0.680. The van der Waals surface area contributed by atoms with Crippen LogP contribution in [-0.2, 0) is 11.2 Å². The van der Waals surface area contributed by atoms with Crippen molar-refractivity contribution in [1.82, 2.24) is 4.90 Å². The van der Waals surface area contributed by atoms with Crippen LogP contribution in [0.5, 0.6) is 0 Å². The molecule has 2 aromatic carbocycles. The van der Waals surface area contributed by atoms with Crippen molar-refractivity contribution in [3.63, 3.8) is 0 Å². The molecular weight excluding hydrogens is 394 g/mol. The molecular formula is C21H24ClN3O4. The van der Waals surface area contributed by atoms with Crippen LogP contribution in [0.3, 0.4) is 0 Å². The van der Waals surface area contributed by atoms with E-state index < -0.39 is 4.92 Å². The molecule has 1 amide bonds. The van der Waals surface area contributed by atoms with Crippen molar-refractivity contribution >= 4 is 28.9 Å². The molecule has 0 heterocycles. The summed E-state index contributed by atoms with van der Waals surface area (Å²) in [4.78, 5) is 25.5. The Morgan fingerprint density at radius 2 is 2.10 bits per heavy atom. The van der Waals surface area contributed by atoms with E-state index in [1.165, 1.54) is 29.3 Å². The highest BCUT2D eigenvalue weighted by Gasteiger charge is 2.27. The second-order valence-electron chi connectivity index (χ2n) is 7.12. The Kier molecular flexibility index (Phi) is 7.19. The minimum atomic E-state index is -0.567. The number of carbonyl (C=O) groups excluding carboxylic acids is 1. The average Bonchev–Trinajstić information content (AvgIpc) is 2.72. The molecule has 8 heteroatoms.